The molecule has 1 saturated heterocycles. The van der Waals surface area contributed by atoms with Gasteiger partial charge in [0.15, 0.2) is 0 Å². The molecule has 2 rings (SSSR count). The molecule has 3 unspecified atom stereocenters. The molecule has 3 atom stereocenters. The Bertz CT molecular complexity index is 387. The van der Waals surface area contributed by atoms with E-state index in [-0.39, 0.29) is 6.10 Å². The van der Waals surface area contributed by atoms with Gasteiger partial charge in [0.05, 0.1) is 23.9 Å². The van der Waals surface area contributed by atoms with Crippen LogP contribution in [0.15, 0.2) is 12.3 Å². The first kappa shape index (κ1) is 14.5. The maximum absolute atomic E-state index is 10.3. The molecule has 1 aromatic rings. The Morgan fingerprint density at radius 2 is 2.21 bits per heavy atom. The molecule has 1 aromatic heterocycles. The van der Waals surface area contributed by atoms with Crippen molar-refractivity contribution in [3.63, 3.8) is 0 Å². The molecule has 2 heterocycles. The van der Waals surface area contributed by atoms with Crippen molar-refractivity contribution in [2.75, 3.05) is 6.61 Å². The van der Waals surface area contributed by atoms with Crippen molar-refractivity contribution in [3.05, 3.63) is 18.0 Å². The summed E-state index contributed by atoms with van der Waals surface area (Å²) < 4.78 is 7.64. The van der Waals surface area contributed by atoms with E-state index in [1.807, 2.05) is 16.9 Å². The predicted molar refractivity (Wildman–Crippen MR) is 75.1 cm³/mol. The molecule has 0 radical (unpaired) electrons. The number of rotatable bonds is 6. The van der Waals surface area contributed by atoms with Crippen LogP contribution in [-0.4, -0.2) is 33.7 Å². The third-order valence-corrected chi connectivity index (χ3v) is 4.22. The predicted octanol–water partition coefficient (Wildman–Crippen LogP) is 2.57. The van der Waals surface area contributed by atoms with Crippen LogP contribution in [0.3, 0.4) is 0 Å². The lowest BCUT2D eigenvalue weighted by molar-refractivity contribution is -0.0162. The zero-order valence-electron chi connectivity index (χ0n) is 12.2. The van der Waals surface area contributed by atoms with Gasteiger partial charge in [-0.05, 0) is 31.2 Å². The molecule has 0 saturated carbocycles. The van der Waals surface area contributed by atoms with Crippen molar-refractivity contribution in [1.29, 1.82) is 0 Å². The van der Waals surface area contributed by atoms with Crippen LogP contribution in [0.25, 0.3) is 0 Å². The standard InChI is InChI=1S/C15H26N2O2/c1-4-13(5-2)17-8-6-12(16-17)10-14(18)15-11(3)7-9-19-15/h6,8,11,13-15,18H,4-5,7,9-10H2,1-3H3. The molecule has 1 aliphatic heterocycles. The lowest BCUT2D eigenvalue weighted by Gasteiger charge is -2.20. The minimum Gasteiger partial charge on any atom is -0.390 e. The molecule has 0 spiro atoms. The Morgan fingerprint density at radius 1 is 1.47 bits per heavy atom. The Hall–Kier alpha value is -0.870. The Balaban J connectivity index is 1.95. The summed E-state index contributed by atoms with van der Waals surface area (Å²) in [5, 5.41) is 14.9. The molecular weight excluding hydrogens is 240 g/mol. The summed E-state index contributed by atoms with van der Waals surface area (Å²) >= 11 is 0. The van der Waals surface area contributed by atoms with Gasteiger partial charge < -0.3 is 9.84 Å². The van der Waals surface area contributed by atoms with Gasteiger partial charge in [0.2, 0.25) is 0 Å². The number of aliphatic hydroxyl groups excluding tert-OH is 1. The highest BCUT2D eigenvalue weighted by atomic mass is 16.5. The van der Waals surface area contributed by atoms with Gasteiger partial charge in [-0.15, -0.1) is 0 Å². The molecule has 1 N–H and O–H groups in total. The van der Waals surface area contributed by atoms with Crippen LogP contribution in [0.1, 0.15) is 51.8 Å². The summed E-state index contributed by atoms with van der Waals surface area (Å²) in [5.41, 5.74) is 0.960. The third-order valence-electron chi connectivity index (χ3n) is 4.22. The van der Waals surface area contributed by atoms with E-state index < -0.39 is 6.10 Å². The SMILES string of the molecule is CCC(CC)n1ccc(CC(O)C2OCCC2C)n1. The Kier molecular flexibility index (Phi) is 4.99. The maximum Gasteiger partial charge on any atom is 0.0864 e. The van der Waals surface area contributed by atoms with E-state index in [1.54, 1.807) is 0 Å². The molecule has 0 amide bonds. The molecule has 0 bridgehead atoms. The van der Waals surface area contributed by atoms with Crippen LogP contribution >= 0.6 is 0 Å². The first-order valence-electron chi connectivity index (χ1n) is 7.49. The number of aliphatic hydroxyl groups is 1. The van der Waals surface area contributed by atoms with E-state index in [0.717, 1.165) is 31.6 Å². The third kappa shape index (κ3) is 3.37. The fourth-order valence-corrected chi connectivity index (χ4v) is 2.89. The number of nitrogens with zero attached hydrogens (tertiary/aromatic N) is 2. The molecule has 19 heavy (non-hydrogen) atoms. The molecule has 1 aliphatic rings. The summed E-state index contributed by atoms with van der Waals surface area (Å²) in [5.74, 6) is 0.441. The van der Waals surface area contributed by atoms with Crippen LogP contribution < -0.4 is 0 Å². The van der Waals surface area contributed by atoms with Crippen molar-refractivity contribution in [2.45, 2.75) is 64.7 Å². The van der Waals surface area contributed by atoms with E-state index >= 15 is 0 Å². The summed E-state index contributed by atoms with van der Waals surface area (Å²) in [6, 6.07) is 2.48. The van der Waals surface area contributed by atoms with Crippen molar-refractivity contribution in [3.8, 4) is 0 Å². The highest BCUT2D eigenvalue weighted by Gasteiger charge is 2.31. The van der Waals surface area contributed by atoms with Crippen LogP contribution in [0.2, 0.25) is 0 Å². The van der Waals surface area contributed by atoms with Gasteiger partial charge in [-0.2, -0.15) is 5.10 Å². The van der Waals surface area contributed by atoms with E-state index in [4.69, 9.17) is 4.74 Å². The van der Waals surface area contributed by atoms with Crippen LogP contribution in [-0.2, 0) is 11.2 Å². The average molecular weight is 266 g/mol. The Morgan fingerprint density at radius 3 is 2.79 bits per heavy atom. The molecule has 108 valence electrons. The topological polar surface area (TPSA) is 47.3 Å². The number of ether oxygens (including phenoxy) is 1. The molecular formula is C15H26N2O2. The summed E-state index contributed by atoms with van der Waals surface area (Å²) in [4.78, 5) is 0. The smallest absolute Gasteiger partial charge is 0.0864 e. The minimum absolute atomic E-state index is 0.0294. The van der Waals surface area contributed by atoms with E-state index in [9.17, 15) is 5.11 Å². The van der Waals surface area contributed by atoms with Crippen LogP contribution in [0.5, 0.6) is 0 Å². The largest absolute Gasteiger partial charge is 0.390 e. The lowest BCUT2D eigenvalue weighted by atomic mass is 9.97. The fourth-order valence-electron chi connectivity index (χ4n) is 2.89. The molecule has 1 fully saturated rings. The maximum atomic E-state index is 10.3. The lowest BCUT2D eigenvalue weighted by Crippen LogP contribution is -2.32. The molecule has 4 nitrogen and oxygen atoms in total. The van der Waals surface area contributed by atoms with Crippen molar-refractivity contribution >= 4 is 0 Å². The van der Waals surface area contributed by atoms with Gasteiger partial charge in [0.25, 0.3) is 0 Å². The highest BCUT2D eigenvalue weighted by molar-refractivity contribution is 5.03. The second-order valence-electron chi connectivity index (χ2n) is 5.63. The summed E-state index contributed by atoms with van der Waals surface area (Å²) in [6.07, 6.45) is 5.36. The number of aromatic nitrogens is 2. The van der Waals surface area contributed by atoms with Crippen molar-refractivity contribution < 1.29 is 9.84 Å². The summed E-state index contributed by atoms with van der Waals surface area (Å²) in [7, 11) is 0. The minimum atomic E-state index is -0.442. The van der Waals surface area contributed by atoms with Crippen LogP contribution in [0, 0.1) is 5.92 Å². The van der Waals surface area contributed by atoms with Crippen LogP contribution in [0.4, 0.5) is 0 Å². The van der Waals surface area contributed by atoms with E-state index in [2.05, 4.69) is 25.9 Å². The zero-order chi connectivity index (χ0) is 13.8. The normalized spacial score (nSPS) is 25.1. The van der Waals surface area contributed by atoms with Gasteiger partial charge in [-0.3, -0.25) is 4.68 Å². The molecule has 0 aromatic carbocycles. The molecule has 0 aliphatic carbocycles. The molecule has 4 heteroatoms. The number of hydrogen-bond acceptors (Lipinski definition) is 3. The van der Waals surface area contributed by atoms with E-state index in [0.29, 0.717) is 18.4 Å². The quantitative estimate of drug-likeness (QED) is 0.861. The first-order valence-corrected chi connectivity index (χ1v) is 7.49. The Labute approximate surface area is 115 Å². The number of hydrogen-bond donors (Lipinski definition) is 1. The fraction of sp³-hybridized carbons (Fsp3) is 0.800. The monoisotopic (exact) mass is 266 g/mol. The van der Waals surface area contributed by atoms with E-state index in [1.165, 1.54) is 0 Å². The van der Waals surface area contributed by atoms with Gasteiger partial charge >= 0.3 is 0 Å². The van der Waals surface area contributed by atoms with Gasteiger partial charge in [-0.1, -0.05) is 20.8 Å². The van der Waals surface area contributed by atoms with Gasteiger partial charge in [0, 0.05) is 19.2 Å². The first-order chi connectivity index (χ1) is 9.15. The second-order valence-corrected chi connectivity index (χ2v) is 5.63. The van der Waals surface area contributed by atoms with Gasteiger partial charge in [-0.25, -0.2) is 0 Å². The highest BCUT2D eigenvalue weighted by Crippen LogP contribution is 2.24. The zero-order valence-corrected chi connectivity index (χ0v) is 12.2. The summed E-state index contributed by atoms with van der Waals surface area (Å²) in [6.45, 7) is 7.27. The van der Waals surface area contributed by atoms with Gasteiger partial charge in [0.1, 0.15) is 0 Å². The van der Waals surface area contributed by atoms with Crippen molar-refractivity contribution in [2.24, 2.45) is 5.92 Å². The average Bonchev–Trinajstić information content (AvgIpc) is 3.00. The van der Waals surface area contributed by atoms with Crippen molar-refractivity contribution in [1.82, 2.24) is 9.78 Å². The second kappa shape index (κ2) is 6.53.